The van der Waals surface area contributed by atoms with E-state index < -0.39 is 0 Å². The third kappa shape index (κ3) is 6.75. The molecule has 18 heavy (non-hydrogen) atoms. The normalized spacial score (nSPS) is 27.3. The predicted molar refractivity (Wildman–Crippen MR) is 78.9 cm³/mol. The third-order valence-electron chi connectivity index (χ3n) is 3.87. The van der Waals surface area contributed by atoms with E-state index in [1.807, 2.05) is 0 Å². The molecule has 1 N–H and O–H groups in total. The fourth-order valence-electron chi connectivity index (χ4n) is 3.29. The summed E-state index contributed by atoms with van der Waals surface area (Å²) in [6, 6.07) is 0. The molecule has 0 radical (unpaired) electrons. The van der Waals surface area contributed by atoms with Crippen molar-refractivity contribution in [3.8, 4) is 0 Å². The Labute approximate surface area is 114 Å². The van der Waals surface area contributed by atoms with E-state index in [0.29, 0.717) is 11.5 Å². The van der Waals surface area contributed by atoms with Gasteiger partial charge in [0.25, 0.3) is 0 Å². The molecular weight excluding hydrogens is 222 g/mol. The highest BCUT2D eigenvalue weighted by atomic mass is 16.5. The maximum Gasteiger partial charge on any atom is 0.0582 e. The van der Waals surface area contributed by atoms with Gasteiger partial charge in [0.1, 0.15) is 0 Å². The number of unbranched alkanes of at least 4 members (excludes halogenated alkanes) is 1. The minimum Gasteiger partial charge on any atom is -0.378 e. The number of nitrogens with one attached hydrogen (secondary N) is 1. The maximum atomic E-state index is 6.07. The van der Waals surface area contributed by atoms with Gasteiger partial charge in [-0.15, -0.1) is 0 Å². The first-order valence-electron chi connectivity index (χ1n) is 7.86. The first-order chi connectivity index (χ1) is 8.53. The Balaban J connectivity index is 2.04. The van der Waals surface area contributed by atoms with Crippen LogP contribution in [0.15, 0.2) is 0 Å². The van der Waals surface area contributed by atoms with Gasteiger partial charge in [0.15, 0.2) is 0 Å². The van der Waals surface area contributed by atoms with Crippen molar-refractivity contribution < 1.29 is 4.74 Å². The zero-order valence-electron chi connectivity index (χ0n) is 12.9. The molecule has 2 nitrogen and oxygen atoms in total. The Kier molecular flexibility index (Phi) is 7.25. The van der Waals surface area contributed by atoms with Gasteiger partial charge >= 0.3 is 0 Å². The first-order valence-corrected chi connectivity index (χ1v) is 7.86. The van der Waals surface area contributed by atoms with Gasteiger partial charge in [0.05, 0.1) is 6.10 Å². The second-order valence-corrected chi connectivity index (χ2v) is 6.86. The summed E-state index contributed by atoms with van der Waals surface area (Å²) in [6.07, 6.45) is 8.03. The third-order valence-corrected chi connectivity index (χ3v) is 3.87. The zero-order valence-corrected chi connectivity index (χ0v) is 12.9. The molecule has 0 bridgehead atoms. The topological polar surface area (TPSA) is 21.3 Å². The van der Waals surface area contributed by atoms with Crippen LogP contribution >= 0.6 is 0 Å². The summed E-state index contributed by atoms with van der Waals surface area (Å²) >= 11 is 0. The van der Waals surface area contributed by atoms with Crippen LogP contribution in [0.3, 0.4) is 0 Å². The van der Waals surface area contributed by atoms with Gasteiger partial charge in [-0.25, -0.2) is 0 Å². The van der Waals surface area contributed by atoms with Gasteiger partial charge in [-0.2, -0.15) is 0 Å². The first kappa shape index (κ1) is 16.0. The fourth-order valence-corrected chi connectivity index (χ4v) is 3.29. The molecule has 2 unspecified atom stereocenters. The highest BCUT2D eigenvalue weighted by molar-refractivity contribution is 4.83. The molecule has 0 aromatic rings. The summed E-state index contributed by atoms with van der Waals surface area (Å²) in [5.74, 6) is 0.824. The fraction of sp³-hybridized carbons (Fsp3) is 1.00. The summed E-state index contributed by atoms with van der Waals surface area (Å²) in [5, 5.41) is 3.44. The molecular formula is C16H33NO. The minimum absolute atomic E-state index is 0.477. The van der Waals surface area contributed by atoms with Gasteiger partial charge in [0.2, 0.25) is 0 Å². The Morgan fingerprint density at radius 1 is 1.17 bits per heavy atom. The standard InChI is InChI=1S/C16H33NO/c1-5-8-17-9-6-7-10-18-15-11-14(2)12-16(3,4)13-15/h14-15,17H,5-13H2,1-4H3. The largest absolute Gasteiger partial charge is 0.378 e. The van der Waals surface area contributed by atoms with Crippen LogP contribution in [0, 0.1) is 11.3 Å². The molecule has 0 aliphatic heterocycles. The van der Waals surface area contributed by atoms with Crippen LogP contribution in [0.2, 0.25) is 0 Å². The zero-order chi connectivity index (χ0) is 13.4. The Morgan fingerprint density at radius 2 is 1.94 bits per heavy atom. The molecule has 1 aliphatic rings. The molecule has 1 aliphatic carbocycles. The lowest BCUT2D eigenvalue weighted by Gasteiger charge is -2.38. The lowest BCUT2D eigenvalue weighted by Crippen LogP contribution is -2.32. The van der Waals surface area contributed by atoms with Gasteiger partial charge in [-0.3, -0.25) is 0 Å². The lowest BCUT2D eigenvalue weighted by atomic mass is 9.71. The van der Waals surface area contributed by atoms with E-state index in [1.165, 1.54) is 38.5 Å². The Morgan fingerprint density at radius 3 is 2.61 bits per heavy atom. The maximum absolute atomic E-state index is 6.07. The SMILES string of the molecule is CCCNCCCCOC1CC(C)CC(C)(C)C1. The van der Waals surface area contributed by atoms with Crippen LogP contribution in [0.1, 0.15) is 66.2 Å². The second-order valence-electron chi connectivity index (χ2n) is 6.86. The smallest absolute Gasteiger partial charge is 0.0582 e. The van der Waals surface area contributed by atoms with Crippen molar-refractivity contribution in [2.75, 3.05) is 19.7 Å². The summed E-state index contributed by atoms with van der Waals surface area (Å²) < 4.78 is 6.07. The molecule has 0 heterocycles. The summed E-state index contributed by atoms with van der Waals surface area (Å²) in [4.78, 5) is 0. The summed E-state index contributed by atoms with van der Waals surface area (Å²) in [5.41, 5.74) is 0.477. The average molecular weight is 255 g/mol. The molecule has 0 saturated heterocycles. The quantitative estimate of drug-likeness (QED) is 0.662. The molecule has 0 aromatic heterocycles. The van der Waals surface area contributed by atoms with Gasteiger partial charge in [0, 0.05) is 6.61 Å². The summed E-state index contributed by atoms with van der Waals surface area (Å²) in [7, 11) is 0. The number of rotatable bonds is 8. The molecule has 1 fully saturated rings. The van der Waals surface area contributed by atoms with Crippen LogP contribution in [0.25, 0.3) is 0 Å². The van der Waals surface area contributed by atoms with Crippen LogP contribution in [-0.4, -0.2) is 25.8 Å². The van der Waals surface area contributed by atoms with Gasteiger partial charge < -0.3 is 10.1 Å². The average Bonchev–Trinajstić information content (AvgIpc) is 2.25. The number of hydrogen-bond acceptors (Lipinski definition) is 2. The number of hydrogen-bond donors (Lipinski definition) is 1. The lowest BCUT2D eigenvalue weighted by molar-refractivity contribution is -0.0239. The highest BCUT2D eigenvalue weighted by Gasteiger charge is 2.32. The van der Waals surface area contributed by atoms with Crippen molar-refractivity contribution in [2.45, 2.75) is 72.3 Å². The molecule has 0 amide bonds. The summed E-state index contributed by atoms with van der Waals surface area (Å²) in [6.45, 7) is 12.6. The van der Waals surface area contributed by atoms with Crippen LogP contribution < -0.4 is 5.32 Å². The van der Waals surface area contributed by atoms with Gasteiger partial charge in [-0.05, 0) is 62.9 Å². The van der Waals surface area contributed by atoms with E-state index in [2.05, 4.69) is 33.0 Å². The highest BCUT2D eigenvalue weighted by Crippen LogP contribution is 2.39. The Bertz CT molecular complexity index is 215. The van der Waals surface area contributed by atoms with Crippen molar-refractivity contribution in [3.05, 3.63) is 0 Å². The van der Waals surface area contributed by atoms with E-state index in [-0.39, 0.29) is 0 Å². The molecule has 1 saturated carbocycles. The van der Waals surface area contributed by atoms with Crippen LogP contribution in [0.4, 0.5) is 0 Å². The van der Waals surface area contributed by atoms with Gasteiger partial charge in [-0.1, -0.05) is 27.7 Å². The molecule has 0 spiro atoms. The van der Waals surface area contributed by atoms with E-state index in [1.54, 1.807) is 0 Å². The Hall–Kier alpha value is -0.0800. The van der Waals surface area contributed by atoms with Crippen LogP contribution in [0.5, 0.6) is 0 Å². The van der Waals surface area contributed by atoms with E-state index in [9.17, 15) is 0 Å². The molecule has 108 valence electrons. The van der Waals surface area contributed by atoms with Crippen molar-refractivity contribution in [3.63, 3.8) is 0 Å². The predicted octanol–water partition coefficient (Wildman–Crippen LogP) is 4.00. The monoisotopic (exact) mass is 255 g/mol. The van der Waals surface area contributed by atoms with Crippen LogP contribution in [-0.2, 0) is 4.74 Å². The molecule has 1 rings (SSSR count). The minimum atomic E-state index is 0.477. The molecule has 2 heteroatoms. The van der Waals surface area contributed by atoms with Crippen molar-refractivity contribution >= 4 is 0 Å². The van der Waals surface area contributed by atoms with E-state index in [0.717, 1.165) is 25.6 Å². The van der Waals surface area contributed by atoms with Crippen molar-refractivity contribution in [1.82, 2.24) is 5.32 Å². The van der Waals surface area contributed by atoms with E-state index in [4.69, 9.17) is 4.74 Å². The number of ether oxygens (including phenoxy) is 1. The second kappa shape index (κ2) is 8.16. The molecule has 0 aromatic carbocycles. The van der Waals surface area contributed by atoms with E-state index >= 15 is 0 Å². The van der Waals surface area contributed by atoms with Crippen molar-refractivity contribution in [1.29, 1.82) is 0 Å². The van der Waals surface area contributed by atoms with Crippen molar-refractivity contribution in [2.24, 2.45) is 11.3 Å². The molecule has 2 atom stereocenters.